The molecule has 2 rings (SSSR count). The van der Waals surface area contributed by atoms with Crippen LogP contribution < -0.4 is 0 Å². The highest BCUT2D eigenvalue weighted by Crippen LogP contribution is 1.96. The monoisotopic (exact) mass is 236 g/mol. The number of H-pyrrole nitrogens is 2. The molecule has 0 amide bonds. The van der Waals surface area contributed by atoms with Gasteiger partial charge in [-0.25, -0.2) is 9.97 Å². The van der Waals surface area contributed by atoms with Gasteiger partial charge in [-0.3, -0.25) is 0 Å². The zero-order valence-corrected chi connectivity index (χ0v) is 8.84. The van der Waals surface area contributed by atoms with E-state index in [1.807, 2.05) is 0 Å². The molecule has 2 aromatic rings. The molecule has 18 heavy (non-hydrogen) atoms. The molecule has 84 valence electrons. The highest BCUT2D eigenvalue weighted by Gasteiger charge is 2.00. The van der Waals surface area contributed by atoms with Gasteiger partial charge in [-0.2, -0.15) is 21.0 Å². The van der Waals surface area contributed by atoms with E-state index in [0.29, 0.717) is 0 Å². The Morgan fingerprint density at radius 1 is 0.722 bits per heavy atom. The second-order valence-corrected chi connectivity index (χ2v) is 2.70. The Balaban J connectivity index is 0.000000180. The van der Waals surface area contributed by atoms with Crippen LogP contribution in [0.2, 0.25) is 0 Å². The first kappa shape index (κ1) is 12.4. The summed E-state index contributed by atoms with van der Waals surface area (Å²) in [5.74, 6) is 0. The summed E-state index contributed by atoms with van der Waals surface area (Å²) in [7, 11) is 0. The van der Waals surface area contributed by atoms with Gasteiger partial charge >= 0.3 is 0 Å². The molecule has 8 heteroatoms. The molecule has 0 radical (unpaired) electrons. The molecule has 0 unspecified atom stereocenters. The molecular formula is C10H4N8. The third-order valence-corrected chi connectivity index (χ3v) is 1.71. The molecule has 0 saturated carbocycles. The number of nitrogens with zero attached hydrogens (tertiary/aromatic N) is 6. The van der Waals surface area contributed by atoms with Gasteiger partial charge in [0.05, 0.1) is 12.7 Å². The number of nitrogens with one attached hydrogen (secondary N) is 2. The first-order valence-corrected chi connectivity index (χ1v) is 4.44. The highest BCUT2D eigenvalue weighted by molar-refractivity contribution is 5.34. The highest BCUT2D eigenvalue weighted by atomic mass is 14.9. The van der Waals surface area contributed by atoms with E-state index < -0.39 is 0 Å². The quantitative estimate of drug-likeness (QED) is 0.670. The third-order valence-electron chi connectivity index (χ3n) is 1.71. The molecule has 0 aliphatic heterocycles. The van der Waals surface area contributed by atoms with Crippen LogP contribution >= 0.6 is 0 Å². The Hall–Kier alpha value is -3.62. The van der Waals surface area contributed by atoms with Crippen LogP contribution in [0.25, 0.3) is 0 Å². The summed E-state index contributed by atoms with van der Waals surface area (Å²) >= 11 is 0. The number of aromatic nitrogens is 4. The summed E-state index contributed by atoms with van der Waals surface area (Å²) in [6.45, 7) is 0. The van der Waals surface area contributed by atoms with Gasteiger partial charge in [0.25, 0.3) is 0 Å². The number of hydrogen-bond acceptors (Lipinski definition) is 6. The van der Waals surface area contributed by atoms with Crippen LogP contribution in [0.3, 0.4) is 0 Å². The molecule has 8 nitrogen and oxygen atoms in total. The normalized spacial score (nSPS) is 7.78. The lowest BCUT2D eigenvalue weighted by Gasteiger charge is -1.73. The van der Waals surface area contributed by atoms with Crippen molar-refractivity contribution in [2.24, 2.45) is 0 Å². The van der Waals surface area contributed by atoms with Crippen molar-refractivity contribution in [1.82, 2.24) is 19.9 Å². The van der Waals surface area contributed by atoms with Gasteiger partial charge in [0.15, 0.2) is 22.8 Å². The average Bonchev–Trinajstić information content (AvgIpc) is 3.06. The Kier molecular flexibility index (Phi) is 4.20. The van der Waals surface area contributed by atoms with Gasteiger partial charge in [-0.1, -0.05) is 0 Å². The van der Waals surface area contributed by atoms with Gasteiger partial charge in [-0.15, -0.1) is 0 Å². The fourth-order valence-corrected chi connectivity index (χ4v) is 0.929. The molecule has 0 bridgehead atoms. The average molecular weight is 236 g/mol. The lowest BCUT2D eigenvalue weighted by Crippen LogP contribution is -1.77. The molecule has 0 aliphatic rings. The van der Waals surface area contributed by atoms with Crippen molar-refractivity contribution >= 4 is 0 Å². The van der Waals surface area contributed by atoms with Crippen LogP contribution in [0.1, 0.15) is 22.8 Å². The fourth-order valence-electron chi connectivity index (χ4n) is 0.929. The second-order valence-electron chi connectivity index (χ2n) is 2.70. The van der Waals surface area contributed by atoms with Crippen molar-refractivity contribution in [3.63, 3.8) is 0 Å². The second kappa shape index (κ2) is 6.07. The Bertz CT molecular complexity index is 575. The van der Waals surface area contributed by atoms with Crippen molar-refractivity contribution in [3.05, 3.63) is 35.4 Å². The smallest absolute Gasteiger partial charge is 0.176 e. The van der Waals surface area contributed by atoms with Crippen LogP contribution in [-0.2, 0) is 0 Å². The third kappa shape index (κ3) is 2.70. The van der Waals surface area contributed by atoms with Crippen molar-refractivity contribution < 1.29 is 0 Å². The summed E-state index contributed by atoms with van der Waals surface area (Å²) in [6.07, 6.45) is 2.63. The number of nitriles is 4. The minimum Gasteiger partial charge on any atom is -0.335 e. The largest absolute Gasteiger partial charge is 0.335 e. The summed E-state index contributed by atoms with van der Waals surface area (Å²) in [4.78, 5) is 12.2. The molecule has 0 aromatic carbocycles. The minimum absolute atomic E-state index is 0.150. The molecule has 0 fully saturated rings. The van der Waals surface area contributed by atoms with Crippen LogP contribution in [0.5, 0.6) is 0 Å². The van der Waals surface area contributed by atoms with Gasteiger partial charge in [0.2, 0.25) is 0 Å². The lowest BCUT2D eigenvalue weighted by atomic mass is 10.4. The SMILES string of the molecule is N#Cc1nc[nH]c1C#N.N#Cc1nc[nH]c1C#N. The summed E-state index contributed by atoms with van der Waals surface area (Å²) in [6, 6.07) is 7.10. The minimum atomic E-state index is 0.150. The first-order valence-electron chi connectivity index (χ1n) is 4.44. The van der Waals surface area contributed by atoms with Crippen molar-refractivity contribution in [2.45, 2.75) is 0 Å². The van der Waals surface area contributed by atoms with Gasteiger partial charge in [0, 0.05) is 0 Å². The van der Waals surface area contributed by atoms with Crippen LogP contribution in [0.15, 0.2) is 12.7 Å². The van der Waals surface area contributed by atoms with Crippen LogP contribution in [0.4, 0.5) is 0 Å². The molecule has 2 aromatic heterocycles. The predicted molar refractivity (Wildman–Crippen MR) is 56.0 cm³/mol. The van der Waals surface area contributed by atoms with E-state index in [1.54, 1.807) is 24.3 Å². The van der Waals surface area contributed by atoms with E-state index in [9.17, 15) is 0 Å². The van der Waals surface area contributed by atoms with E-state index >= 15 is 0 Å². The van der Waals surface area contributed by atoms with E-state index in [4.69, 9.17) is 21.0 Å². The van der Waals surface area contributed by atoms with E-state index in [2.05, 4.69) is 19.9 Å². The number of aromatic amines is 2. The molecule has 0 saturated heterocycles. The number of imidazole rings is 2. The summed E-state index contributed by atoms with van der Waals surface area (Å²) in [5, 5.41) is 33.0. The summed E-state index contributed by atoms with van der Waals surface area (Å²) < 4.78 is 0. The first-order chi connectivity index (χ1) is 8.76. The molecule has 0 aliphatic carbocycles. The van der Waals surface area contributed by atoms with Crippen molar-refractivity contribution in [3.8, 4) is 24.3 Å². The van der Waals surface area contributed by atoms with E-state index in [1.165, 1.54) is 12.7 Å². The Morgan fingerprint density at radius 2 is 1.11 bits per heavy atom. The molecule has 0 spiro atoms. The topological polar surface area (TPSA) is 153 Å². The number of hydrogen-bond donors (Lipinski definition) is 2. The van der Waals surface area contributed by atoms with E-state index in [-0.39, 0.29) is 22.8 Å². The molecular weight excluding hydrogens is 232 g/mol. The maximum absolute atomic E-state index is 8.27. The van der Waals surface area contributed by atoms with Crippen molar-refractivity contribution in [1.29, 1.82) is 21.0 Å². The molecule has 0 atom stereocenters. The van der Waals surface area contributed by atoms with Gasteiger partial charge in [-0.05, 0) is 0 Å². The van der Waals surface area contributed by atoms with E-state index in [0.717, 1.165) is 0 Å². The van der Waals surface area contributed by atoms with Crippen LogP contribution in [0, 0.1) is 45.3 Å². The number of rotatable bonds is 0. The zero-order chi connectivity index (χ0) is 13.4. The molecule has 2 heterocycles. The van der Waals surface area contributed by atoms with Gasteiger partial charge < -0.3 is 9.97 Å². The van der Waals surface area contributed by atoms with Gasteiger partial charge in [0.1, 0.15) is 24.3 Å². The Morgan fingerprint density at radius 3 is 1.33 bits per heavy atom. The standard InChI is InChI=1S/2C5H2N4/c2*6-1-4-5(2-7)9-3-8-4/h2*3H,(H,8,9). The Labute approximate surface area is 101 Å². The predicted octanol–water partition coefficient (Wildman–Crippen LogP) is 0.306. The van der Waals surface area contributed by atoms with Crippen LogP contribution in [-0.4, -0.2) is 19.9 Å². The summed E-state index contributed by atoms with van der Waals surface area (Å²) in [5.41, 5.74) is 0.741. The zero-order valence-electron chi connectivity index (χ0n) is 8.84. The lowest BCUT2D eigenvalue weighted by molar-refractivity contribution is 1.29. The maximum atomic E-state index is 8.27. The fraction of sp³-hybridized carbons (Fsp3) is 0. The maximum Gasteiger partial charge on any atom is 0.176 e. The molecule has 2 N–H and O–H groups in total. The van der Waals surface area contributed by atoms with Crippen molar-refractivity contribution in [2.75, 3.05) is 0 Å².